The minimum atomic E-state index is -4.50. The van der Waals surface area contributed by atoms with Crippen molar-refractivity contribution in [3.63, 3.8) is 0 Å². The zero-order valence-electron chi connectivity index (χ0n) is 11.5. The van der Waals surface area contributed by atoms with Gasteiger partial charge < -0.3 is 14.2 Å². The second kappa shape index (κ2) is 7.18. The second-order valence-electron chi connectivity index (χ2n) is 4.77. The average Bonchev–Trinajstić information content (AvgIpc) is 2.45. The standard InChI is InChI=1S/C14H16BF3O3/c15-10-4-5-12(11(9-10)14(16,17)18)19-7-8-21-13-3-1-2-6-20-13/h4-5,9,13H,1-3,6-8H2. The summed E-state index contributed by atoms with van der Waals surface area (Å²) < 4.78 is 54.4. The Kier molecular flexibility index (Phi) is 5.53. The molecule has 1 fully saturated rings. The van der Waals surface area contributed by atoms with Crippen molar-refractivity contribution in [1.29, 1.82) is 0 Å². The van der Waals surface area contributed by atoms with Gasteiger partial charge in [-0.25, -0.2) is 0 Å². The van der Waals surface area contributed by atoms with Gasteiger partial charge in [0.1, 0.15) is 20.2 Å². The Balaban J connectivity index is 1.85. The van der Waals surface area contributed by atoms with Crippen molar-refractivity contribution in [2.45, 2.75) is 31.7 Å². The van der Waals surface area contributed by atoms with Gasteiger partial charge in [-0.3, -0.25) is 0 Å². The summed E-state index contributed by atoms with van der Waals surface area (Å²) >= 11 is 0. The molecular formula is C14H16BF3O3. The quantitative estimate of drug-likeness (QED) is 0.617. The monoisotopic (exact) mass is 300 g/mol. The van der Waals surface area contributed by atoms with Crippen LogP contribution in [0.5, 0.6) is 5.75 Å². The highest BCUT2D eigenvalue weighted by molar-refractivity contribution is 6.32. The van der Waals surface area contributed by atoms with Crippen molar-refractivity contribution in [3.8, 4) is 5.75 Å². The molecule has 1 atom stereocenters. The van der Waals surface area contributed by atoms with Crippen LogP contribution in [0.25, 0.3) is 0 Å². The third-order valence-electron chi connectivity index (χ3n) is 3.09. The lowest BCUT2D eigenvalue weighted by Gasteiger charge is -2.22. The maximum Gasteiger partial charge on any atom is 0.419 e. The predicted molar refractivity (Wildman–Crippen MR) is 71.9 cm³/mol. The molecule has 114 valence electrons. The fourth-order valence-electron chi connectivity index (χ4n) is 2.07. The van der Waals surface area contributed by atoms with Gasteiger partial charge in [0.2, 0.25) is 0 Å². The van der Waals surface area contributed by atoms with Crippen molar-refractivity contribution in [3.05, 3.63) is 23.8 Å². The van der Waals surface area contributed by atoms with E-state index in [-0.39, 0.29) is 30.7 Å². The molecule has 1 aliphatic rings. The molecule has 0 amide bonds. The smallest absolute Gasteiger partial charge is 0.419 e. The zero-order valence-corrected chi connectivity index (χ0v) is 11.5. The van der Waals surface area contributed by atoms with E-state index >= 15 is 0 Å². The van der Waals surface area contributed by atoms with Crippen molar-refractivity contribution in [2.24, 2.45) is 0 Å². The topological polar surface area (TPSA) is 27.7 Å². The highest BCUT2D eigenvalue weighted by Crippen LogP contribution is 2.35. The first kappa shape index (κ1) is 16.2. The molecule has 1 aromatic rings. The van der Waals surface area contributed by atoms with Crippen LogP contribution in [0.4, 0.5) is 13.2 Å². The van der Waals surface area contributed by atoms with Crippen LogP contribution in [0, 0.1) is 0 Å². The normalized spacial score (nSPS) is 19.5. The summed E-state index contributed by atoms with van der Waals surface area (Å²) in [6.45, 7) is 0.848. The molecule has 2 radical (unpaired) electrons. The molecule has 1 aliphatic heterocycles. The van der Waals surface area contributed by atoms with Gasteiger partial charge in [0.25, 0.3) is 0 Å². The number of ether oxygens (including phenoxy) is 3. The van der Waals surface area contributed by atoms with Crippen LogP contribution in [0.3, 0.4) is 0 Å². The molecular weight excluding hydrogens is 284 g/mol. The largest absolute Gasteiger partial charge is 0.491 e. The van der Waals surface area contributed by atoms with Crippen LogP contribution >= 0.6 is 0 Å². The van der Waals surface area contributed by atoms with Gasteiger partial charge in [0, 0.05) is 6.61 Å². The predicted octanol–water partition coefficient (Wildman–Crippen LogP) is 2.42. The van der Waals surface area contributed by atoms with Crippen LogP contribution in [0.2, 0.25) is 0 Å². The van der Waals surface area contributed by atoms with Gasteiger partial charge in [0.05, 0.1) is 12.2 Å². The van der Waals surface area contributed by atoms with E-state index in [1.54, 1.807) is 0 Å². The summed E-state index contributed by atoms with van der Waals surface area (Å²) in [6, 6.07) is 3.45. The van der Waals surface area contributed by atoms with E-state index in [0.29, 0.717) is 6.61 Å². The summed E-state index contributed by atoms with van der Waals surface area (Å²) in [5.74, 6) is -0.245. The van der Waals surface area contributed by atoms with Crippen molar-refractivity contribution in [1.82, 2.24) is 0 Å². The second-order valence-corrected chi connectivity index (χ2v) is 4.77. The van der Waals surface area contributed by atoms with Crippen LogP contribution in [0.1, 0.15) is 24.8 Å². The minimum Gasteiger partial charge on any atom is -0.491 e. The molecule has 1 heterocycles. The maximum atomic E-state index is 12.8. The van der Waals surface area contributed by atoms with E-state index in [2.05, 4.69) is 0 Å². The van der Waals surface area contributed by atoms with Gasteiger partial charge in [-0.1, -0.05) is 17.6 Å². The van der Waals surface area contributed by atoms with E-state index in [0.717, 1.165) is 25.3 Å². The van der Waals surface area contributed by atoms with Gasteiger partial charge in [-0.05, 0) is 25.3 Å². The molecule has 1 aromatic carbocycles. The van der Waals surface area contributed by atoms with E-state index in [1.165, 1.54) is 12.1 Å². The SMILES string of the molecule is [B]c1ccc(OCCOC2CCCCO2)c(C(F)(F)F)c1. The van der Waals surface area contributed by atoms with Gasteiger partial charge >= 0.3 is 6.18 Å². The Hall–Kier alpha value is -1.21. The van der Waals surface area contributed by atoms with Crippen LogP contribution in [-0.4, -0.2) is 34.0 Å². The molecule has 0 N–H and O–H groups in total. The number of alkyl halides is 3. The lowest BCUT2D eigenvalue weighted by atomic mass is 9.94. The molecule has 0 bridgehead atoms. The molecule has 0 aromatic heterocycles. The molecule has 0 saturated carbocycles. The summed E-state index contributed by atoms with van der Waals surface area (Å²) in [7, 11) is 5.38. The van der Waals surface area contributed by atoms with E-state index in [9.17, 15) is 13.2 Å². The number of hydrogen-bond donors (Lipinski definition) is 0. The highest BCUT2D eigenvalue weighted by Gasteiger charge is 2.34. The van der Waals surface area contributed by atoms with Crippen molar-refractivity contribution < 1.29 is 27.4 Å². The Bertz CT molecular complexity index is 459. The molecule has 7 heteroatoms. The molecule has 2 rings (SSSR count). The van der Waals surface area contributed by atoms with E-state index in [4.69, 9.17) is 22.1 Å². The lowest BCUT2D eigenvalue weighted by Crippen LogP contribution is -2.24. The Morgan fingerprint density at radius 3 is 2.71 bits per heavy atom. The summed E-state index contributed by atoms with van der Waals surface area (Å²) in [5.41, 5.74) is -0.835. The Labute approximate surface area is 122 Å². The number of hydrogen-bond acceptors (Lipinski definition) is 3. The minimum absolute atomic E-state index is 0.0207. The number of rotatable bonds is 5. The van der Waals surface area contributed by atoms with Crippen molar-refractivity contribution in [2.75, 3.05) is 19.8 Å². The first-order valence-electron chi connectivity index (χ1n) is 6.79. The van der Waals surface area contributed by atoms with Crippen LogP contribution in [0.15, 0.2) is 18.2 Å². The maximum absolute atomic E-state index is 12.8. The summed E-state index contributed by atoms with van der Waals surface area (Å²) in [4.78, 5) is 0. The Morgan fingerprint density at radius 1 is 1.24 bits per heavy atom. The van der Waals surface area contributed by atoms with Crippen LogP contribution < -0.4 is 10.2 Å². The third-order valence-corrected chi connectivity index (χ3v) is 3.09. The third kappa shape index (κ3) is 4.93. The number of halogens is 3. The van der Waals surface area contributed by atoms with Crippen molar-refractivity contribution >= 4 is 13.3 Å². The molecule has 0 spiro atoms. The lowest BCUT2D eigenvalue weighted by molar-refractivity contribution is -0.166. The first-order valence-corrected chi connectivity index (χ1v) is 6.79. The van der Waals surface area contributed by atoms with E-state index in [1.807, 2.05) is 0 Å². The highest BCUT2D eigenvalue weighted by atomic mass is 19.4. The van der Waals surface area contributed by atoms with Gasteiger partial charge in [-0.15, -0.1) is 0 Å². The molecule has 3 nitrogen and oxygen atoms in total. The fourth-order valence-corrected chi connectivity index (χ4v) is 2.07. The Morgan fingerprint density at radius 2 is 2.05 bits per heavy atom. The van der Waals surface area contributed by atoms with E-state index < -0.39 is 11.7 Å². The molecule has 0 aliphatic carbocycles. The zero-order chi connectivity index (χ0) is 15.3. The van der Waals surface area contributed by atoms with Gasteiger partial charge in [0.15, 0.2) is 6.29 Å². The molecule has 1 saturated heterocycles. The average molecular weight is 300 g/mol. The van der Waals surface area contributed by atoms with Gasteiger partial charge in [-0.2, -0.15) is 13.2 Å². The molecule has 21 heavy (non-hydrogen) atoms. The molecule has 1 unspecified atom stereocenters. The summed E-state index contributed by atoms with van der Waals surface area (Å²) in [5, 5.41) is 0. The first-order chi connectivity index (χ1) is 9.97. The van der Waals surface area contributed by atoms with Crippen LogP contribution in [-0.2, 0) is 15.7 Å². The fraction of sp³-hybridized carbons (Fsp3) is 0.571. The summed E-state index contributed by atoms with van der Waals surface area (Å²) in [6.07, 6.45) is -1.94. The number of benzene rings is 1.